The molecule has 0 heterocycles. The van der Waals surface area contributed by atoms with E-state index in [1.54, 1.807) is 0 Å². The van der Waals surface area contributed by atoms with E-state index in [-0.39, 0.29) is 5.41 Å². The van der Waals surface area contributed by atoms with Crippen LogP contribution in [0.4, 0.5) is 0 Å². The maximum Gasteiger partial charge on any atom is 0.0158 e. The molecule has 1 aliphatic rings. The fourth-order valence-electron chi connectivity index (χ4n) is 2.54. The first-order valence-corrected chi connectivity index (χ1v) is 6.37. The summed E-state index contributed by atoms with van der Waals surface area (Å²) in [6.07, 6.45) is 15.5. The van der Waals surface area contributed by atoms with E-state index in [0.717, 1.165) is 0 Å². The average molecular weight is 250 g/mol. The first kappa shape index (κ1) is 15.0. The second-order valence-corrected chi connectivity index (χ2v) is 4.89. The first-order chi connectivity index (χ1) is 9.04. The molecule has 0 nitrogen and oxygen atoms in total. The molecule has 1 aliphatic carbocycles. The van der Waals surface area contributed by atoms with Crippen molar-refractivity contribution in [3.05, 3.63) is 97.2 Å². The van der Waals surface area contributed by atoms with Crippen molar-refractivity contribution in [3.8, 4) is 0 Å². The van der Waals surface area contributed by atoms with Gasteiger partial charge in [0.2, 0.25) is 0 Å². The summed E-state index contributed by atoms with van der Waals surface area (Å²) in [5, 5.41) is 0. The third-order valence-electron chi connectivity index (χ3n) is 3.36. The van der Waals surface area contributed by atoms with Crippen LogP contribution in [0.1, 0.15) is 13.8 Å². The van der Waals surface area contributed by atoms with E-state index in [4.69, 9.17) is 0 Å². The molecule has 1 saturated carbocycles. The number of rotatable bonds is 4. The van der Waals surface area contributed by atoms with Crippen LogP contribution in [0.25, 0.3) is 0 Å². The van der Waals surface area contributed by atoms with Crippen LogP contribution < -0.4 is 0 Å². The lowest BCUT2D eigenvalue weighted by Gasteiger charge is -2.21. The van der Waals surface area contributed by atoms with Crippen LogP contribution in [-0.4, -0.2) is 0 Å². The van der Waals surface area contributed by atoms with Gasteiger partial charge in [0.25, 0.3) is 0 Å². The Labute approximate surface area is 117 Å². The van der Waals surface area contributed by atoms with Gasteiger partial charge in [-0.1, -0.05) is 88.8 Å². The fourth-order valence-corrected chi connectivity index (χ4v) is 2.54. The lowest BCUT2D eigenvalue weighted by Crippen LogP contribution is -2.10. The minimum absolute atomic E-state index is 0.0773. The minimum Gasteiger partial charge on any atom is -0.0991 e. The Bertz CT molecular complexity index is 480. The second-order valence-electron chi connectivity index (χ2n) is 4.89. The molecule has 0 atom stereocenters. The molecule has 0 amide bonds. The molecular formula is C19H22. The van der Waals surface area contributed by atoms with Crippen molar-refractivity contribution >= 4 is 0 Å². The molecule has 0 N–H and O–H groups in total. The molecule has 19 heavy (non-hydrogen) atoms. The molecule has 0 unspecified atom stereocenters. The highest BCUT2D eigenvalue weighted by Crippen LogP contribution is 2.53. The van der Waals surface area contributed by atoms with Gasteiger partial charge < -0.3 is 0 Å². The molecule has 0 aromatic heterocycles. The topological polar surface area (TPSA) is 0 Å². The van der Waals surface area contributed by atoms with E-state index in [1.165, 1.54) is 22.3 Å². The fraction of sp³-hybridized carbons (Fsp3) is 0.158. The third-order valence-corrected chi connectivity index (χ3v) is 3.36. The van der Waals surface area contributed by atoms with Crippen molar-refractivity contribution in [2.75, 3.05) is 0 Å². The minimum atomic E-state index is -0.0773. The van der Waals surface area contributed by atoms with E-state index < -0.39 is 0 Å². The Hall–Kier alpha value is -2.08. The lowest BCUT2D eigenvalue weighted by molar-refractivity contribution is 0.583. The summed E-state index contributed by atoms with van der Waals surface area (Å²) in [5.74, 6) is 0. The summed E-state index contributed by atoms with van der Waals surface area (Å²) < 4.78 is 0. The van der Waals surface area contributed by atoms with Crippen LogP contribution in [-0.2, 0) is 0 Å². The van der Waals surface area contributed by atoms with Gasteiger partial charge in [0.1, 0.15) is 0 Å². The highest BCUT2D eigenvalue weighted by atomic mass is 14.4. The van der Waals surface area contributed by atoms with Crippen LogP contribution in [0.2, 0.25) is 0 Å². The number of hydrogen-bond acceptors (Lipinski definition) is 0. The molecule has 1 rings (SSSR count). The van der Waals surface area contributed by atoms with Crippen molar-refractivity contribution < 1.29 is 0 Å². The molecule has 0 aliphatic heterocycles. The second kappa shape index (κ2) is 6.19. The van der Waals surface area contributed by atoms with Crippen LogP contribution in [0.3, 0.4) is 0 Å². The summed E-state index contributed by atoms with van der Waals surface area (Å²) in [7, 11) is 0. The zero-order valence-electron chi connectivity index (χ0n) is 11.9. The molecule has 0 radical (unpaired) electrons. The normalized spacial score (nSPS) is 26.0. The number of hydrogen-bond donors (Lipinski definition) is 0. The maximum atomic E-state index is 3.82. The van der Waals surface area contributed by atoms with Crippen molar-refractivity contribution in [2.45, 2.75) is 13.8 Å². The maximum absolute atomic E-state index is 3.82. The molecule has 98 valence electrons. The summed E-state index contributed by atoms with van der Waals surface area (Å²) in [6.45, 7) is 19.7. The quantitative estimate of drug-likeness (QED) is 0.620. The van der Waals surface area contributed by atoms with Gasteiger partial charge in [-0.25, -0.2) is 0 Å². The smallest absolute Gasteiger partial charge is 0.0158 e. The summed E-state index contributed by atoms with van der Waals surface area (Å²) in [4.78, 5) is 0. The van der Waals surface area contributed by atoms with Gasteiger partial charge in [-0.2, -0.15) is 0 Å². The lowest BCUT2D eigenvalue weighted by atomic mass is 9.82. The van der Waals surface area contributed by atoms with Crippen molar-refractivity contribution in [3.63, 3.8) is 0 Å². The van der Waals surface area contributed by atoms with E-state index in [1.807, 2.05) is 36.5 Å². The largest absolute Gasteiger partial charge is 0.0991 e. The molecule has 0 aromatic carbocycles. The van der Waals surface area contributed by atoms with E-state index in [9.17, 15) is 0 Å². The van der Waals surface area contributed by atoms with Gasteiger partial charge in [0.05, 0.1) is 0 Å². The van der Waals surface area contributed by atoms with Gasteiger partial charge in [0, 0.05) is 5.41 Å². The van der Waals surface area contributed by atoms with Crippen molar-refractivity contribution in [2.24, 2.45) is 5.41 Å². The van der Waals surface area contributed by atoms with Gasteiger partial charge >= 0.3 is 0 Å². The Morgan fingerprint density at radius 2 is 0.947 bits per heavy atom. The average Bonchev–Trinajstić information content (AvgIpc) is 2.54. The molecular weight excluding hydrogens is 228 g/mol. The van der Waals surface area contributed by atoms with Crippen LogP contribution in [0.5, 0.6) is 0 Å². The predicted octanol–water partition coefficient (Wildman–Crippen LogP) is 5.48. The van der Waals surface area contributed by atoms with E-state index in [0.29, 0.717) is 0 Å². The monoisotopic (exact) mass is 250 g/mol. The van der Waals surface area contributed by atoms with Crippen molar-refractivity contribution in [1.82, 2.24) is 0 Å². The summed E-state index contributed by atoms with van der Waals surface area (Å²) in [6, 6.07) is 0. The van der Waals surface area contributed by atoms with Gasteiger partial charge in [0.15, 0.2) is 0 Å². The standard InChI is InChI=1S/C19H22/c1-7-11-15-16(12-8-2)18(14-10-4)19(5,6)17(15)13-9-3/h7-14H,1-4H2,5-6H3/b15-11-,16-12?,17-13+,18-14+. The highest BCUT2D eigenvalue weighted by molar-refractivity contribution is 5.71. The third kappa shape index (κ3) is 2.68. The van der Waals surface area contributed by atoms with Gasteiger partial charge in [-0.05, 0) is 22.3 Å². The Kier molecular flexibility index (Phi) is 4.88. The van der Waals surface area contributed by atoms with Crippen molar-refractivity contribution in [1.29, 1.82) is 0 Å². The van der Waals surface area contributed by atoms with Crippen LogP contribution in [0, 0.1) is 5.41 Å². The predicted molar refractivity (Wildman–Crippen MR) is 86.9 cm³/mol. The van der Waals surface area contributed by atoms with Gasteiger partial charge in [-0.15, -0.1) is 0 Å². The first-order valence-electron chi connectivity index (χ1n) is 6.37. The van der Waals surface area contributed by atoms with Crippen LogP contribution in [0.15, 0.2) is 97.2 Å². The molecule has 0 bridgehead atoms. The highest BCUT2D eigenvalue weighted by Gasteiger charge is 2.39. The zero-order chi connectivity index (χ0) is 14.5. The Morgan fingerprint density at radius 3 is 1.21 bits per heavy atom. The SMILES string of the molecule is C=CC=C1/C(=C\C=C)C(C)(C)C(=C/C=C)/C1=C\C=C. The van der Waals surface area contributed by atoms with E-state index >= 15 is 0 Å². The summed E-state index contributed by atoms with van der Waals surface area (Å²) in [5.41, 5.74) is 4.75. The van der Waals surface area contributed by atoms with Gasteiger partial charge in [-0.3, -0.25) is 0 Å². The Morgan fingerprint density at radius 1 is 0.632 bits per heavy atom. The molecule has 0 heteroatoms. The zero-order valence-corrected chi connectivity index (χ0v) is 11.9. The number of allylic oxidation sites excluding steroid dienone is 12. The summed E-state index contributed by atoms with van der Waals surface area (Å²) >= 11 is 0. The molecule has 0 saturated heterocycles. The Balaban J connectivity index is 3.70. The molecule has 0 aromatic rings. The van der Waals surface area contributed by atoms with Crippen LogP contribution >= 0.6 is 0 Å². The van der Waals surface area contributed by atoms with E-state index in [2.05, 4.69) is 52.3 Å². The molecule has 0 spiro atoms. The molecule has 1 fully saturated rings.